The lowest BCUT2D eigenvalue weighted by molar-refractivity contribution is 1.18. The van der Waals surface area contributed by atoms with Gasteiger partial charge in [0.1, 0.15) is 5.82 Å². The van der Waals surface area contributed by atoms with Crippen LogP contribution in [0.15, 0.2) is 36.5 Å². The van der Waals surface area contributed by atoms with Crippen LogP contribution in [0, 0.1) is 0 Å². The van der Waals surface area contributed by atoms with E-state index in [2.05, 4.69) is 4.98 Å². The minimum absolute atomic E-state index is 0.675. The predicted octanol–water partition coefficient (Wildman–Crippen LogP) is 3.30. The molecule has 0 aliphatic heterocycles. The van der Waals surface area contributed by atoms with Crippen molar-refractivity contribution in [2.75, 3.05) is 5.73 Å². The zero-order valence-electron chi connectivity index (χ0n) is 8.22. The summed E-state index contributed by atoms with van der Waals surface area (Å²) in [6, 6.07) is 9.56. The molecule has 2 N–H and O–H groups in total. The highest BCUT2D eigenvalue weighted by atomic mass is 35.5. The van der Waals surface area contributed by atoms with Gasteiger partial charge in [0, 0.05) is 0 Å². The highest BCUT2D eigenvalue weighted by Gasteiger charge is 2.10. The van der Waals surface area contributed by atoms with Crippen molar-refractivity contribution in [2.24, 2.45) is 0 Å². The van der Waals surface area contributed by atoms with E-state index < -0.39 is 0 Å². The molecule has 3 aromatic heterocycles. The van der Waals surface area contributed by atoms with Gasteiger partial charge in [-0.25, -0.2) is 4.98 Å². The molecule has 0 bridgehead atoms. The summed E-state index contributed by atoms with van der Waals surface area (Å²) in [6.45, 7) is 0. The van der Waals surface area contributed by atoms with E-state index in [1.54, 1.807) is 6.20 Å². The highest BCUT2D eigenvalue weighted by Crippen LogP contribution is 2.31. The lowest BCUT2D eigenvalue weighted by atomic mass is 10.4. The van der Waals surface area contributed by atoms with Crippen molar-refractivity contribution < 1.29 is 0 Å². The maximum Gasteiger partial charge on any atom is 0.156 e. The number of hydrogen-bond donors (Lipinski definition) is 1. The Morgan fingerprint density at radius 2 is 2.12 bits per heavy atom. The lowest BCUT2D eigenvalue weighted by Crippen LogP contribution is -1.97. The number of anilines is 1. The first kappa shape index (κ1) is 9.69. The smallest absolute Gasteiger partial charge is 0.156 e. The molecule has 0 aromatic carbocycles. The Bertz CT molecular complexity index is 656. The zero-order valence-corrected chi connectivity index (χ0v) is 9.79. The molecular weight excluding hydrogens is 242 g/mol. The number of fused-ring (bicyclic) bond motifs is 1. The van der Waals surface area contributed by atoms with E-state index in [1.165, 1.54) is 11.3 Å². The minimum atomic E-state index is 0.675. The summed E-state index contributed by atoms with van der Waals surface area (Å²) in [4.78, 5) is 5.39. The summed E-state index contributed by atoms with van der Waals surface area (Å²) < 4.78 is 2.67. The number of nitrogens with two attached hydrogens (primary N) is 1. The molecule has 0 atom stereocenters. The molecule has 0 amide bonds. The molecule has 0 saturated heterocycles. The molecule has 0 aliphatic rings. The second-order valence-corrected chi connectivity index (χ2v) is 5.11. The molecule has 3 nitrogen and oxygen atoms in total. The van der Waals surface area contributed by atoms with E-state index in [9.17, 15) is 0 Å². The Kier molecular flexibility index (Phi) is 2.12. The molecule has 16 heavy (non-hydrogen) atoms. The van der Waals surface area contributed by atoms with E-state index in [4.69, 9.17) is 17.3 Å². The molecule has 3 rings (SSSR count). The number of hydrogen-bond acceptors (Lipinski definition) is 3. The lowest BCUT2D eigenvalue weighted by Gasteiger charge is -2.02. The fourth-order valence-electron chi connectivity index (χ4n) is 1.68. The van der Waals surface area contributed by atoms with Gasteiger partial charge in [0.2, 0.25) is 0 Å². The van der Waals surface area contributed by atoms with Gasteiger partial charge in [-0.05, 0) is 24.3 Å². The van der Waals surface area contributed by atoms with E-state index in [-0.39, 0.29) is 0 Å². The van der Waals surface area contributed by atoms with Crippen LogP contribution in [0.25, 0.3) is 16.2 Å². The van der Waals surface area contributed by atoms with Crippen LogP contribution in [0.4, 0.5) is 5.82 Å². The second-order valence-electron chi connectivity index (χ2n) is 3.40. The van der Waals surface area contributed by atoms with E-state index in [1.807, 2.05) is 34.7 Å². The monoisotopic (exact) mass is 249 g/mol. The topological polar surface area (TPSA) is 43.3 Å². The van der Waals surface area contributed by atoms with Crippen LogP contribution in [0.1, 0.15) is 0 Å². The number of pyridine rings is 1. The Hall–Kier alpha value is -1.52. The van der Waals surface area contributed by atoms with E-state index in [0.29, 0.717) is 5.82 Å². The first-order valence-electron chi connectivity index (χ1n) is 4.73. The van der Waals surface area contributed by atoms with Crippen LogP contribution >= 0.6 is 22.9 Å². The van der Waals surface area contributed by atoms with Crippen LogP contribution in [-0.2, 0) is 0 Å². The number of nitrogen functional groups attached to an aromatic ring is 1. The number of nitrogens with zero attached hydrogens (tertiary/aromatic N) is 2. The van der Waals surface area contributed by atoms with Gasteiger partial charge in [0.25, 0.3) is 0 Å². The van der Waals surface area contributed by atoms with Crippen LogP contribution < -0.4 is 5.73 Å². The molecule has 80 valence electrons. The van der Waals surface area contributed by atoms with Gasteiger partial charge in [0.15, 0.2) is 5.82 Å². The van der Waals surface area contributed by atoms with Gasteiger partial charge >= 0.3 is 0 Å². The van der Waals surface area contributed by atoms with E-state index >= 15 is 0 Å². The first-order valence-corrected chi connectivity index (χ1v) is 5.93. The zero-order chi connectivity index (χ0) is 11.1. The fraction of sp³-hybridized carbons (Fsp3) is 0. The maximum absolute atomic E-state index is 5.94. The predicted molar refractivity (Wildman–Crippen MR) is 67.9 cm³/mol. The Morgan fingerprint density at radius 1 is 1.25 bits per heavy atom. The van der Waals surface area contributed by atoms with Crippen LogP contribution in [0.5, 0.6) is 0 Å². The molecule has 0 spiro atoms. The Labute approximate surface area is 101 Å². The molecule has 5 heteroatoms. The third-order valence-electron chi connectivity index (χ3n) is 2.37. The Balaban J connectivity index is 2.32. The largest absolute Gasteiger partial charge is 0.385 e. The van der Waals surface area contributed by atoms with Crippen LogP contribution in [-0.4, -0.2) is 9.38 Å². The molecule has 0 saturated carbocycles. The number of imidazole rings is 1. The fourth-order valence-corrected chi connectivity index (χ4v) is 2.71. The number of thiophene rings is 1. The van der Waals surface area contributed by atoms with Gasteiger partial charge in [-0.15, -0.1) is 11.3 Å². The molecule has 0 unspecified atom stereocenters. The Morgan fingerprint density at radius 3 is 2.88 bits per heavy atom. The second kappa shape index (κ2) is 3.50. The minimum Gasteiger partial charge on any atom is -0.385 e. The van der Waals surface area contributed by atoms with Crippen LogP contribution in [0.3, 0.4) is 0 Å². The summed E-state index contributed by atoms with van der Waals surface area (Å²) in [5.74, 6) is 1.51. The molecule has 3 heterocycles. The molecule has 0 fully saturated rings. The number of rotatable bonds is 1. The SMILES string of the molecule is Nc1cccc2cnc(-c3ccc(Cl)s3)n12. The molecule has 3 aromatic rings. The van der Waals surface area contributed by atoms with Crippen molar-refractivity contribution in [3.8, 4) is 10.7 Å². The van der Waals surface area contributed by atoms with Crippen molar-refractivity contribution in [3.63, 3.8) is 0 Å². The number of halogens is 1. The molecule has 0 aliphatic carbocycles. The number of aromatic nitrogens is 2. The molecular formula is C11H8ClN3S. The quantitative estimate of drug-likeness (QED) is 0.719. The maximum atomic E-state index is 5.94. The van der Waals surface area contributed by atoms with Crippen molar-refractivity contribution in [1.82, 2.24) is 9.38 Å². The standard InChI is InChI=1S/C11H8ClN3S/c12-9-5-4-8(16-9)11-14-6-7-2-1-3-10(13)15(7)11/h1-6H,13H2. The first-order chi connectivity index (χ1) is 7.75. The van der Waals surface area contributed by atoms with Gasteiger partial charge in [-0.1, -0.05) is 17.7 Å². The van der Waals surface area contributed by atoms with Crippen molar-refractivity contribution in [2.45, 2.75) is 0 Å². The summed E-state index contributed by atoms with van der Waals surface area (Å²) in [5, 5.41) is 0. The summed E-state index contributed by atoms with van der Waals surface area (Å²) in [7, 11) is 0. The third kappa shape index (κ3) is 1.38. The summed E-state index contributed by atoms with van der Waals surface area (Å²) in [5.41, 5.74) is 6.93. The van der Waals surface area contributed by atoms with Crippen molar-refractivity contribution >= 4 is 34.3 Å². The normalized spacial score (nSPS) is 11.1. The van der Waals surface area contributed by atoms with Gasteiger partial charge < -0.3 is 5.73 Å². The van der Waals surface area contributed by atoms with Crippen LogP contribution in [0.2, 0.25) is 4.34 Å². The third-order valence-corrected chi connectivity index (χ3v) is 3.60. The molecule has 0 radical (unpaired) electrons. The van der Waals surface area contributed by atoms with Gasteiger partial charge in [-0.3, -0.25) is 4.40 Å². The highest BCUT2D eigenvalue weighted by molar-refractivity contribution is 7.19. The average molecular weight is 250 g/mol. The van der Waals surface area contributed by atoms with Crippen molar-refractivity contribution in [1.29, 1.82) is 0 Å². The summed E-state index contributed by atoms with van der Waals surface area (Å²) in [6.07, 6.45) is 1.80. The van der Waals surface area contributed by atoms with Gasteiger partial charge in [-0.2, -0.15) is 0 Å². The summed E-state index contributed by atoms with van der Waals surface area (Å²) >= 11 is 7.41. The van der Waals surface area contributed by atoms with Crippen molar-refractivity contribution in [3.05, 3.63) is 40.9 Å². The average Bonchev–Trinajstić information content (AvgIpc) is 2.84. The van der Waals surface area contributed by atoms with Gasteiger partial charge in [0.05, 0.1) is 20.9 Å². The van der Waals surface area contributed by atoms with E-state index in [0.717, 1.165) is 20.6 Å².